The Bertz CT molecular complexity index is 491. The number of hydrogen-bond donors (Lipinski definition) is 2. The zero-order valence-corrected chi connectivity index (χ0v) is 13.5. The molecule has 1 aromatic rings. The maximum atomic E-state index is 11.9. The van der Waals surface area contributed by atoms with Crippen LogP contribution in [0.2, 0.25) is 5.02 Å². The van der Waals surface area contributed by atoms with Crippen molar-refractivity contribution in [1.29, 1.82) is 0 Å². The molecule has 6 heteroatoms. The van der Waals surface area contributed by atoms with Gasteiger partial charge in [0, 0.05) is 15.7 Å². The summed E-state index contributed by atoms with van der Waals surface area (Å²) in [5.74, 6) is -1.86. The highest BCUT2D eigenvalue weighted by Crippen LogP contribution is 2.19. The number of halogens is 2. The highest BCUT2D eigenvalue weighted by atomic mass is 127. The summed E-state index contributed by atoms with van der Waals surface area (Å²) >= 11 is 8.01. The average molecular weight is 396 g/mol. The molecule has 0 bridgehead atoms. The van der Waals surface area contributed by atoms with Gasteiger partial charge in [0.2, 0.25) is 0 Å². The molecule has 1 atom stereocenters. The molecule has 0 saturated carbocycles. The lowest BCUT2D eigenvalue weighted by atomic mass is 9.96. The molecule has 1 unspecified atom stereocenters. The van der Waals surface area contributed by atoms with E-state index in [4.69, 9.17) is 16.7 Å². The van der Waals surface area contributed by atoms with Crippen molar-refractivity contribution < 1.29 is 14.7 Å². The molecule has 104 valence electrons. The lowest BCUT2D eigenvalue weighted by Crippen LogP contribution is -2.35. The molecule has 0 radical (unpaired) electrons. The molecular formula is C13H15ClINO3. The number of aliphatic carboxylic acids is 1. The standard InChI is InChI=1S/C13H15ClINO3/c1-7(2)9(13(18)19)6-16-12(17)8-3-4-11(15)10(14)5-8/h3-5,7,9H,6H2,1-2H3,(H,16,17)(H,18,19). The summed E-state index contributed by atoms with van der Waals surface area (Å²) in [6.45, 7) is 3.73. The van der Waals surface area contributed by atoms with Gasteiger partial charge in [-0.3, -0.25) is 9.59 Å². The largest absolute Gasteiger partial charge is 0.481 e. The van der Waals surface area contributed by atoms with E-state index < -0.39 is 11.9 Å². The number of amides is 1. The first-order valence-corrected chi connectivity index (χ1v) is 7.24. The Morgan fingerprint density at radius 1 is 1.42 bits per heavy atom. The van der Waals surface area contributed by atoms with Crippen LogP contribution in [0.1, 0.15) is 24.2 Å². The van der Waals surface area contributed by atoms with Gasteiger partial charge in [-0.15, -0.1) is 0 Å². The number of carbonyl (C=O) groups excluding carboxylic acids is 1. The quantitative estimate of drug-likeness (QED) is 0.753. The van der Waals surface area contributed by atoms with E-state index in [0.717, 1.165) is 3.57 Å². The molecule has 0 fully saturated rings. The fourth-order valence-corrected chi connectivity index (χ4v) is 2.07. The van der Waals surface area contributed by atoms with E-state index in [0.29, 0.717) is 10.6 Å². The van der Waals surface area contributed by atoms with Gasteiger partial charge in [-0.05, 0) is 46.7 Å². The van der Waals surface area contributed by atoms with E-state index in [1.807, 2.05) is 13.8 Å². The monoisotopic (exact) mass is 395 g/mol. The van der Waals surface area contributed by atoms with Gasteiger partial charge in [0.25, 0.3) is 5.91 Å². The van der Waals surface area contributed by atoms with Crippen molar-refractivity contribution in [3.63, 3.8) is 0 Å². The number of hydrogen-bond acceptors (Lipinski definition) is 2. The molecule has 1 aromatic carbocycles. The number of carbonyl (C=O) groups is 2. The molecule has 0 saturated heterocycles. The highest BCUT2D eigenvalue weighted by Gasteiger charge is 2.22. The summed E-state index contributed by atoms with van der Waals surface area (Å²) in [7, 11) is 0. The maximum Gasteiger partial charge on any atom is 0.308 e. The third kappa shape index (κ3) is 4.65. The Labute approximate surface area is 130 Å². The van der Waals surface area contributed by atoms with E-state index in [1.165, 1.54) is 0 Å². The predicted octanol–water partition coefficient (Wildman–Crippen LogP) is 3.03. The number of carboxylic acid groups (broad SMARTS) is 1. The minimum absolute atomic E-state index is 0.0434. The molecule has 0 aliphatic carbocycles. The Morgan fingerprint density at radius 3 is 2.53 bits per heavy atom. The van der Waals surface area contributed by atoms with Gasteiger partial charge in [0.05, 0.1) is 10.9 Å². The minimum Gasteiger partial charge on any atom is -0.481 e. The minimum atomic E-state index is -0.907. The van der Waals surface area contributed by atoms with Crippen LogP contribution >= 0.6 is 34.2 Å². The first-order chi connectivity index (χ1) is 8.82. The molecular weight excluding hydrogens is 381 g/mol. The van der Waals surface area contributed by atoms with E-state index in [1.54, 1.807) is 18.2 Å². The van der Waals surface area contributed by atoms with Crippen molar-refractivity contribution in [1.82, 2.24) is 5.32 Å². The van der Waals surface area contributed by atoms with Crippen molar-refractivity contribution in [2.45, 2.75) is 13.8 Å². The normalized spacial score (nSPS) is 12.3. The summed E-state index contributed by atoms with van der Waals surface area (Å²) in [5.41, 5.74) is 0.429. The molecule has 0 spiro atoms. The Balaban J connectivity index is 2.69. The smallest absolute Gasteiger partial charge is 0.308 e. The van der Waals surface area contributed by atoms with Crippen LogP contribution in [0, 0.1) is 15.4 Å². The molecule has 0 heterocycles. The fourth-order valence-electron chi connectivity index (χ4n) is 1.55. The highest BCUT2D eigenvalue weighted by molar-refractivity contribution is 14.1. The molecule has 2 N–H and O–H groups in total. The van der Waals surface area contributed by atoms with Gasteiger partial charge in [-0.2, -0.15) is 0 Å². The second-order valence-electron chi connectivity index (χ2n) is 4.53. The second kappa shape index (κ2) is 7.09. The van der Waals surface area contributed by atoms with Crippen LogP contribution in [0.4, 0.5) is 0 Å². The first kappa shape index (κ1) is 16.2. The van der Waals surface area contributed by atoms with Gasteiger partial charge >= 0.3 is 5.97 Å². The van der Waals surface area contributed by atoms with E-state index in [2.05, 4.69) is 27.9 Å². The van der Waals surface area contributed by atoms with Gasteiger partial charge in [-0.25, -0.2) is 0 Å². The second-order valence-corrected chi connectivity index (χ2v) is 6.10. The average Bonchev–Trinajstić information content (AvgIpc) is 2.31. The van der Waals surface area contributed by atoms with Crippen molar-refractivity contribution >= 4 is 46.1 Å². The van der Waals surface area contributed by atoms with Crippen LogP contribution in [0.25, 0.3) is 0 Å². The third-order valence-corrected chi connectivity index (χ3v) is 4.36. The van der Waals surface area contributed by atoms with Crippen LogP contribution in [0.5, 0.6) is 0 Å². The summed E-state index contributed by atoms with van der Waals surface area (Å²) in [5, 5.41) is 12.2. The summed E-state index contributed by atoms with van der Waals surface area (Å²) in [4.78, 5) is 22.9. The number of carboxylic acids is 1. The van der Waals surface area contributed by atoms with Gasteiger partial charge in [-0.1, -0.05) is 25.4 Å². The van der Waals surface area contributed by atoms with Gasteiger partial charge < -0.3 is 10.4 Å². The van der Waals surface area contributed by atoms with Crippen LogP contribution in [-0.2, 0) is 4.79 Å². The lowest BCUT2D eigenvalue weighted by molar-refractivity contribution is -0.142. The van der Waals surface area contributed by atoms with Crippen LogP contribution in [0.15, 0.2) is 18.2 Å². The first-order valence-electron chi connectivity index (χ1n) is 5.79. The number of benzene rings is 1. The van der Waals surface area contributed by atoms with Crippen LogP contribution in [0.3, 0.4) is 0 Å². The van der Waals surface area contributed by atoms with Crippen molar-refractivity contribution in [3.05, 3.63) is 32.4 Å². The summed E-state index contributed by atoms with van der Waals surface area (Å²) < 4.78 is 0.862. The Morgan fingerprint density at radius 2 is 2.05 bits per heavy atom. The molecule has 4 nitrogen and oxygen atoms in total. The fraction of sp³-hybridized carbons (Fsp3) is 0.385. The molecule has 0 aliphatic rings. The SMILES string of the molecule is CC(C)C(CNC(=O)c1ccc(I)c(Cl)c1)C(=O)O. The van der Waals surface area contributed by atoms with E-state index in [9.17, 15) is 9.59 Å². The van der Waals surface area contributed by atoms with Crippen LogP contribution < -0.4 is 5.32 Å². The number of nitrogens with one attached hydrogen (secondary N) is 1. The van der Waals surface area contributed by atoms with Gasteiger partial charge in [0.15, 0.2) is 0 Å². The lowest BCUT2D eigenvalue weighted by Gasteiger charge is -2.16. The summed E-state index contributed by atoms with van der Waals surface area (Å²) in [6.07, 6.45) is 0. The zero-order chi connectivity index (χ0) is 14.6. The van der Waals surface area contributed by atoms with Crippen molar-refractivity contribution in [2.24, 2.45) is 11.8 Å². The van der Waals surface area contributed by atoms with Crippen molar-refractivity contribution in [3.8, 4) is 0 Å². The molecule has 0 aromatic heterocycles. The Hall–Kier alpha value is -0.820. The maximum absolute atomic E-state index is 11.9. The predicted molar refractivity (Wildman–Crippen MR) is 82.5 cm³/mol. The molecule has 1 rings (SSSR count). The third-order valence-electron chi connectivity index (χ3n) is 2.79. The van der Waals surface area contributed by atoms with Crippen molar-refractivity contribution in [2.75, 3.05) is 6.54 Å². The zero-order valence-electron chi connectivity index (χ0n) is 10.6. The Kier molecular flexibility index (Phi) is 6.06. The van der Waals surface area contributed by atoms with Crippen LogP contribution in [-0.4, -0.2) is 23.5 Å². The molecule has 1 amide bonds. The van der Waals surface area contributed by atoms with Gasteiger partial charge in [0.1, 0.15) is 0 Å². The molecule has 19 heavy (non-hydrogen) atoms. The number of rotatable bonds is 5. The topological polar surface area (TPSA) is 66.4 Å². The summed E-state index contributed by atoms with van der Waals surface area (Å²) in [6, 6.07) is 4.98. The van der Waals surface area contributed by atoms with E-state index >= 15 is 0 Å². The van der Waals surface area contributed by atoms with E-state index in [-0.39, 0.29) is 18.4 Å². The molecule has 0 aliphatic heterocycles.